The standard InChI is InChI=1S/C16H23N3/c1-12-10-18-19(11-12)8-7-17-15(4)16-6-5-13(2)14(3)9-16/h5-6,9-11,15,17H,7-8H2,1-4H3. The molecule has 3 nitrogen and oxygen atoms in total. The Morgan fingerprint density at radius 2 is 2.00 bits per heavy atom. The first kappa shape index (κ1) is 13.8. The van der Waals surface area contributed by atoms with Gasteiger partial charge < -0.3 is 5.32 Å². The van der Waals surface area contributed by atoms with Crippen LogP contribution < -0.4 is 5.32 Å². The number of rotatable bonds is 5. The molecule has 0 saturated carbocycles. The summed E-state index contributed by atoms with van der Waals surface area (Å²) >= 11 is 0. The fraction of sp³-hybridized carbons (Fsp3) is 0.438. The van der Waals surface area contributed by atoms with Gasteiger partial charge in [0.15, 0.2) is 0 Å². The Morgan fingerprint density at radius 1 is 1.21 bits per heavy atom. The van der Waals surface area contributed by atoms with Gasteiger partial charge in [-0.1, -0.05) is 18.2 Å². The molecule has 2 rings (SSSR count). The third-order valence-corrected chi connectivity index (χ3v) is 3.58. The maximum atomic E-state index is 4.29. The molecule has 0 radical (unpaired) electrons. The van der Waals surface area contributed by atoms with E-state index in [2.05, 4.69) is 62.5 Å². The van der Waals surface area contributed by atoms with Crippen molar-refractivity contribution in [3.8, 4) is 0 Å². The lowest BCUT2D eigenvalue weighted by Crippen LogP contribution is -2.23. The van der Waals surface area contributed by atoms with Crippen molar-refractivity contribution in [2.75, 3.05) is 6.54 Å². The van der Waals surface area contributed by atoms with Crippen LogP contribution in [0.2, 0.25) is 0 Å². The van der Waals surface area contributed by atoms with Gasteiger partial charge in [0.1, 0.15) is 0 Å². The van der Waals surface area contributed by atoms with Gasteiger partial charge in [0, 0.05) is 18.8 Å². The Labute approximate surface area is 115 Å². The molecule has 0 spiro atoms. The molecule has 0 aliphatic rings. The van der Waals surface area contributed by atoms with Crippen LogP contribution in [0.5, 0.6) is 0 Å². The Morgan fingerprint density at radius 3 is 2.63 bits per heavy atom. The Hall–Kier alpha value is -1.61. The van der Waals surface area contributed by atoms with Crippen LogP contribution in [-0.4, -0.2) is 16.3 Å². The minimum absolute atomic E-state index is 0.371. The molecule has 1 unspecified atom stereocenters. The maximum absolute atomic E-state index is 4.29. The lowest BCUT2D eigenvalue weighted by Gasteiger charge is -2.15. The van der Waals surface area contributed by atoms with Crippen LogP contribution >= 0.6 is 0 Å². The van der Waals surface area contributed by atoms with E-state index in [0.717, 1.165) is 13.1 Å². The van der Waals surface area contributed by atoms with Gasteiger partial charge >= 0.3 is 0 Å². The summed E-state index contributed by atoms with van der Waals surface area (Å²) in [5.74, 6) is 0. The average molecular weight is 257 g/mol. The number of hydrogen-bond acceptors (Lipinski definition) is 2. The van der Waals surface area contributed by atoms with E-state index < -0.39 is 0 Å². The highest BCUT2D eigenvalue weighted by atomic mass is 15.3. The lowest BCUT2D eigenvalue weighted by atomic mass is 10.0. The van der Waals surface area contributed by atoms with Gasteiger partial charge in [0.25, 0.3) is 0 Å². The molecule has 102 valence electrons. The van der Waals surface area contributed by atoms with Crippen molar-refractivity contribution in [2.45, 2.75) is 40.3 Å². The fourth-order valence-electron chi connectivity index (χ4n) is 2.14. The van der Waals surface area contributed by atoms with Gasteiger partial charge in [-0.05, 0) is 49.9 Å². The molecule has 1 heterocycles. The van der Waals surface area contributed by atoms with Crippen LogP contribution in [0.1, 0.15) is 35.2 Å². The van der Waals surface area contributed by atoms with E-state index in [1.54, 1.807) is 0 Å². The highest BCUT2D eigenvalue weighted by Crippen LogP contribution is 2.16. The van der Waals surface area contributed by atoms with Crippen LogP contribution in [0.4, 0.5) is 0 Å². The number of nitrogens with one attached hydrogen (secondary N) is 1. The summed E-state index contributed by atoms with van der Waals surface area (Å²) in [7, 11) is 0. The summed E-state index contributed by atoms with van der Waals surface area (Å²) in [6.07, 6.45) is 3.97. The summed E-state index contributed by atoms with van der Waals surface area (Å²) in [5, 5.41) is 7.83. The fourth-order valence-corrected chi connectivity index (χ4v) is 2.14. The van der Waals surface area contributed by atoms with Crippen molar-refractivity contribution in [3.05, 3.63) is 52.8 Å². The molecule has 1 N–H and O–H groups in total. The highest BCUT2D eigenvalue weighted by Gasteiger charge is 2.05. The average Bonchev–Trinajstić information content (AvgIpc) is 2.78. The van der Waals surface area contributed by atoms with Gasteiger partial charge in [-0.3, -0.25) is 4.68 Å². The third-order valence-electron chi connectivity index (χ3n) is 3.58. The molecule has 0 aliphatic heterocycles. The minimum atomic E-state index is 0.371. The molecule has 1 atom stereocenters. The topological polar surface area (TPSA) is 29.9 Å². The van der Waals surface area contributed by atoms with Crippen LogP contribution in [0, 0.1) is 20.8 Å². The Bertz CT molecular complexity index is 543. The van der Waals surface area contributed by atoms with E-state index in [1.807, 2.05) is 10.9 Å². The second-order valence-electron chi connectivity index (χ2n) is 5.30. The van der Waals surface area contributed by atoms with E-state index in [4.69, 9.17) is 0 Å². The number of hydrogen-bond donors (Lipinski definition) is 1. The van der Waals surface area contributed by atoms with E-state index in [1.165, 1.54) is 22.3 Å². The van der Waals surface area contributed by atoms with Crippen LogP contribution in [-0.2, 0) is 6.54 Å². The first-order chi connectivity index (χ1) is 9.06. The lowest BCUT2D eigenvalue weighted by molar-refractivity contribution is 0.507. The summed E-state index contributed by atoms with van der Waals surface area (Å²) in [4.78, 5) is 0. The normalized spacial score (nSPS) is 12.6. The second kappa shape index (κ2) is 6.02. The summed E-state index contributed by atoms with van der Waals surface area (Å²) in [6.45, 7) is 10.4. The first-order valence-electron chi connectivity index (χ1n) is 6.86. The quantitative estimate of drug-likeness (QED) is 0.891. The smallest absolute Gasteiger partial charge is 0.0534 e. The molecular weight excluding hydrogens is 234 g/mol. The van der Waals surface area contributed by atoms with Crippen molar-refractivity contribution >= 4 is 0 Å². The van der Waals surface area contributed by atoms with Gasteiger partial charge in [0.2, 0.25) is 0 Å². The summed E-state index contributed by atoms with van der Waals surface area (Å²) < 4.78 is 1.98. The molecule has 19 heavy (non-hydrogen) atoms. The van der Waals surface area contributed by atoms with Crippen molar-refractivity contribution in [2.24, 2.45) is 0 Å². The molecule has 3 heteroatoms. The monoisotopic (exact) mass is 257 g/mol. The third kappa shape index (κ3) is 3.67. The summed E-state index contributed by atoms with van der Waals surface area (Å²) in [5.41, 5.74) is 5.26. The van der Waals surface area contributed by atoms with Crippen molar-refractivity contribution < 1.29 is 0 Å². The van der Waals surface area contributed by atoms with E-state index >= 15 is 0 Å². The zero-order valence-corrected chi connectivity index (χ0v) is 12.3. The minimum Gasteiger partial charge on any atom is -0.308 e. The zero-order valence-electron chi connectivity index (χ0n) is 12.3. The predicted molar refractivity (Wildman–Crippen MR) is 79.3 cm³/mol. The molecule has 0 saturated heterocycles. The zero-order chi connectivity index (χ0) is 13.8. The van der Waals surface area contributed by atoms with Gasteiger partial charge in [-0.15, -0.1) is 0 Å². The van der Waals surface area contributed by atoms with E-state index in [9.17, 15) is 0 Å². The SMILES string of the molecule is Cc1cnn(CCNC(C)c2ccc(C)c(C)c2)c1. The number of aryl methyl sites for hydroxylation is 3. The number of aromatic nitrogens is 2. The van der Waals surface area contributed by atoms with E-state index in [-0.39, 0.29) is 0 Å². The molecule has 1 aromatic carbocycles. The molecule has 0 fully saturated rings. The molecule has 2 aromatic rings. The molecular formula is C16H23N3. The molecule has 0 aliphatic carbocycles. The number of nitrogens with zero attached hydrogens (tertiary/aromatic N) is 2. The van der Waals surface area contributed by atoms with Gasteiger partial charge in [-0.25, -0.2) is 0 Å². The van der Waals surface area contributed by atoms with Gasteiger partial charge in [0.05, 0.1) is 12.7 Å². The van der Waals surface area contributed by atoms with Crippen LogP contribution in [0.15, 0.2) is 30.6 Å². The van der Waals surface area contributed by atoms with Crippen molar-refractivity contribution in [1.29, 1.82) is 0 Å². The summed E-state index contributed by atoms with van der Waals surface area (Å²) in [6, 6.07) is 7.04. The number of benzene rings is 1. The first-order valence-corrected chi connectivity index (χ1v) is 6.86. The maximum Gasteiger partial charge on any atom is 0.0534 e. The Kier molecular flexibility index (Phi) is 4.38. The Balaban J connectivity index is 1.86. The van der Waals surface area contributed by atoms with Crippen molar-refractivity contribution in [3.63, 3.8) is 0 Å². The van der Waals surface area contributed by atoms with Gasteiger partial charge in [-0.2, -0.15) is 5.10 Å². The largest absolute Gasteiger partial charge is 0.308 e. The highest BCUT2D eigenvalue weighted by molar-refractivity contribution is 5.31. The second-order valence-corrected chi connectivity index (χ2v) is 5.30. The van der Waals surface area contributed by atoms with Crippen molar-refractivity contribution in [1.82, 2.24) is 15.1 Å². The molecule has 0 amide bonds. The van der Waals surface area contributed by atoms with Crippen LogP contribution in [0.25, 0.3) is 0 Å². The molecule has 0 bridgehead atoms. The predicted octanol–water partition coefficient (Wildman–Crippen LogP) is 3.16. The van der Waals surface area contributed by atoms with E-state index in [0.29, 0.717) is 6.04 Å². The van der Waals surface area contributed by atoms with Crippen LogP contribution in [0.3, 0.4) is 0 Å². The molecule has 1 aromatic heterocycles.